The zero-order valence-corrected chi connectivity index (χ0v) is 20.9. The van der Waals surface area contributed by atoms with Gasteiger partial charge < -0.3 is 9.47 Å². The van der Waals surface area contributed by atoms with E-state index in [-0.39, 0.29) is 0 Å². The maximum atomic E-state index is 2.37. The highest BCUT2D eigenvalue weighted by atomic mass is 15.1. The molecule has 7 rings (SSSR count). The Bertz CT molecular complexity index is 1800. The smallest absolute Gasteiger partial charge is 0.0542 e. The van der Waals surface area contributed by atoms with Crippen LogP contribution in [-0.2, 0) is 0 Å². The van der Waals surface area contributed by atoms with Crippen LogP contribution in [0.15, 0.2) is 158 Å². The van der Waals surface area contributed by atoms with Gasteiger partial charge in [-0.05, 0) is 71.8 Å². The van der Waals surface area contributed by atoms with Crippen LogP contribution in [0.4, 0.5) is 17.1 Å². The second kappa shape index (κ2) is 9.42. The van der Waals surface area contributed by atoms with Crippen LogP contribution in [0.3, 0.4) is 0 Å². The lowest BCUT2D eigenvalue weighted by Gasteiger charge is -2.25. The average molecular weight is 487 g/mol. The van der Waals surface area contributed by atoms with Crippen LogP contribution < -0.4 is 4.90 Å². The summed E-state index contributed by atoms with van der Waals surface area (Å²) < 4.78 is 2.37. The van der Waals surface area contributed by atoms with Gasteiger partial charge in [0.1, 0.15) is 0 Å². The van der Waals surface area contributed by atoms with Crippen molar-refractivity contribution in [2.75, 3.05) is 4.90 Å². The Morgan fingerprint density at radius 3 is 1.55 bits per heavy atom. The van der Waals surface area contributed by atoms with Crippen molar-refractivity contribution in [3.63, 3.8) is 0 Å². The van der Waals surface area contributed by atoms with Crippen molar-refractivity contribution >= 4 is 38.9 Å². The van der Waals surface area contributed by atoms with E-state index < -0.39 is 0 Å². The van der Waals surface area contributed by atoms with Crippen LogP contribution >= 0.6 is 0 Å². The molecule has 0 saturated heterocycles. The topological polar surface area (TPSA) is 8.17 Å². The largest absolute Gasteiger partial charge is 0.310 e. The fourth-order valence-corrected chi connectivity index (χ4v) is 5.41. The summed E-state index contributed by atoms with van der Waals surface area (Å²) in [6, 6.07) is 56.1. The van der Waals surface area contributed by atoms with E-state index in [1.165, 1.54) is 32.9 Å². The van der Waals surface area contributed by atoms with Gasteiger partial charge in [-0.15, -0.1) is 0 Å². The highest BCUT2D eigenvalue weighted by molar-refractivity contribution is 6.10. The first-order chi connectivity index (χ1) is 18.9. The molecule has 0 atom stereocenters. The zero-order chi connectivity index (χ0) is 25.3. The average Bonchev–Trinajstić information content (AvgIpc) is 3.33. The predicted molar refractivity (Wildman–Crippen MR) is 161 cm³/mol. The molecule has 0 amide bonds. The molecule has 7 aromatic rings. The third-order valence-electron chi connectivity index (χ3n) is 7.18. The summed E-state index contributed by atoms with van der Waals surface area (Å²) in [5, 5.41) is 2.49. The Labute approximate surface area is 222 Å². The van der Waals surface area contributed by atoms with Crippen LogP contribution in [0.2, 0.25) is 0 Å². The van der Waals surface area contributed by atoms with Gasteiger partial charge in [0, 0.05) is 33.5 Å². The van der Waals surface area contributed by atoms with Crippen molar-refractivity contribution in [1.29, 1.82) is 0 Å². The Morgan fingerprint density at radius 2 is 0.895 bits per heavy atom. The number of rotatable bonds is 5. The van der Waals surface area contributed by atoms with E-state index in [0.29, 0.717) is 0 Å². The number of nitrogens with zero attached hydrogens (tertiary/aromatic N) is 2. The van der Waals surface area contributed by atoms with Crippen LogP contribution in [0.25, 0.3) is 38.6 Å². The van der Waals surface area contributed by atoms with Crippen molar-refractivity contribution in [1.82, 2.24) is 4.57 Å². The zero-order valence-electron chi connectivity index (χ0n) is 20.9. The minimum absolute atomic E-state index is 1.14. The van der Waals surface area contributed by atoms with E-state index in [9.17, 15) is 0 Å². The van der Waals surface area contributed by atoms with Crippen LogP contribution in [0, 0.1) is 0 Å². The van der Waals surface area contributed by atoms with Crippen molar-refractivity contribution in [3.8, 4) is 16.8 Å². The molecular weight excluding hydrogens is 460 g/mol. The molecule has 2 nitrogen and oxygen atoms in total. The fraction of sp³-hybridized carbons (Fsp3) is 0. The van der Waals surface area contributed by atoms with Crippen LogP contribution in [-0.4, -0.2) is 4.57 Å². The maximum absolute atomic E-state index is 2.37. The number of para-hydroxylation sites is 3. The van der Waals surface area contributed by atoms with Gasteiger partial charge in [-0.25, -0.2) is 0 Å². The molecule has 1 heterocycles. The molecule has 38 heavy (non-hydrogen) atoms. The number of anilines is 3. The first-order valence-corrected chi connectivity index (χ1v) is 13.0. The van der Waals surface area contributed by atoms with Gasteiger partial charge in [0.15, 0.2) is 0 Å². The van der Waals surface area contributed by atoms with E-state index >= 15 is 0 Å². The van der Waals surface area contributed by atoms with Crippen molar-refractivity contribution in [2.24, 2.45) is 0 Å². The van der Waals surface area contributed by atoms with Gasteiger partial charge >= 0.3 is 0 Å². The quantitative estimate of drug-likeness (QED) is 0.235. The molecule has 0 N–H and O–H groups in total. The third-order valence-corrected chi connectivity index (χ3v) is 7.18. The minimum Gasteiger partial charge on any atom is -0.310 e. The third kappa shape index (κ3) is 3.84. The maximum Gasteiger partial charge on any atom is 0.0542 e. The summed E-state index contributed by atoms with van der Waals surface area (Å²) in [5.41, 5.74) is 9.42. The summed E-state index contributed by atoms with van der Waals surface area (Å²) in [7, 11) is 0. The second-order valence-electron chi connectivity index (χ2n) is 9.47. The summed E-state index contributed by atoms with van der Waals surface area (Å²) in [6.07, 6.45) is 0. The van der Waals surface area contributed by atoms with Gasteiger partial charge in [-0.1, -0.05) is 97.1 Å². The van der Waals surface area contributed by atoms with Gasteiger partial charge in [0.25, 0.3) is 0 Å². The number of hydrogen-bond acceptors (Lipinski definition) is 1. The number of benzene rings is 6. The first kappa shape index (κ1) is 22.1. The standard InChI is InChI=1S/C36H26N2/c1-4-12-27(13-5-1)28-20-22-31(23-21-28)38-35-19-11-10-18-33(35)34-26-32(24-25-36(34)38)37(29-14-6-2-7-15-29)30-16-8-3-9-17-30/h1-26H. The van der Waals surface area contributed by atoms with Gasteiger partial charge in [-0.3, -0.25) is 0 Å². The molecule has 0 aliphatic rings. The molecule has 1 aromatic heterocycles. The van der Waals surface area contributed by atoms with Gasteiger partial charge in [0.2, 0.25) is 0 Å². The van der Waals surface area contributed by atoms with E-state index in [0.717, 1.165) is 22.7 Å². The molecule has 0 fully saturated rings. The first-order valence-electron chi connectivity index (χ1n) is 13.0. The highest BCUT2D eigenvalue weighted by Gasteiger charge is 2.17. The molecule has 2 heteroatoms. The Morgan fingerprint density at radius 1 is 0.368 bits per heavy atom. The Hall–Kier alpha value is -5.08. The summed E-state index contributed by atoms with van der Waals surface area (Å²) >= 11 is 0. The Balaban J connectivity index is 1.40. The number of fused-ring (bicyclic) bond motifs is 3. The molecular formula is C36H26N2. The van der Waals surface area contributed by atoms with Crippen molar-refractivity contribution < 1.29 is 0 Å². The lowest BCUT2D eigenvalue weighted by atomic mass is 10.1. The van der Waals surface area contributed by atoms with Crippen molar-refractivity contribution in [3.05, 3.63) is 158 Å². The molecule has 0 saturated carbocycles. The van der Waals surface area contributed by atoms with E-state index in [2.05, 4.69) is 167 Å². The van der Waals surface area contributed by atoms with E-state index in [1.807, 2.05) is 0 Å². The summed E-state index contributed by atoms with van der Waals surface area (Å²) in [6.45, 7) is 0. The number of hydrogen-bond donors (Lipinski definition) is 0. The molecule has 0 aliphatic heterocycles. The summed E-state index contributed by atoms with van der Waals surface area (Å²) in [4.78, 5) is 2.32. The SMILES string of the molecule is c1ccc(-c2ccc(-n3c4ccccc4c4cc(N(c5ccccc5)c5ccccc5)ccc43)cc2)cc1. The predicted octanol–water partition coefficient (Wildman–Crippen LogP) is 9.92. The molecule has 0 bridgehead atoms. The lowest BCUT2D eigenvalue weighted by Crippen LogP contribution is -2.09. The number of aromatic nitrogens is 1. The molecule has 6 aromatic carbocycles. The van der Waals surface area contributed by atoms with Gasteiger partial charge in [0.05, 0.1) is 11.0 Å². The molecule has 0 unspecified atom stereocenters. The van der Waals surface area contributed by atoms with E-state index in [1.54, 1.807) is 0 Å². The van der Waals surface area contributed by atoms with Crippen LogP contribution in [0.1, 0.15) is 0 Å². The Kier molecular flexibility index (Phi) is 5.49. The highest BCUT2D eigenvalue weighted by Crippen LogP contribution is 2.39. The fourth-order valence-electron chi connectivity index (χ4n) is 5.41. The van der Waals surface area contributed by atoms with Gasteiger partial charge in [-0.2, -0.15) is 0 Å². The second-order valence-corrected chi connectivity index (χ2v) is 9.47. The molecule has 0 spiro atoms. The minimum atomic E-state index is 1.14. The van der Waals surface area contributed by atoms with Crippen molar-refractivity contribution in [2.45, 2.75) is 0 Å². The molecule has 180 valence electrons. The molecule has 0 aliphatic carbocycles. The monoisotopic (exact) mass is 486 g/mol. The normalized spacial score (nSPS) is 11.2. The lowest BCUT2D eigenvalue weighted by molar-refractivity contribution is 1.18. The van der Waals surface area contributed by atoms with Crippen LogP contribution in [0.5, 0.6) is 0 Å². The van der Waals surface area contributed by atoms with E-state index in [4.69, 9.17) is 0 Å². The summed E-state index contributed by atoms with van der Waals surface area (Å²) in [5.74, 6) is 0. The molecule has 0 radical (unpaired) electrons.